The van der Waals surface area contributed by atoms with Gasteiger partial charge in [-0.15, -0.1) is 0 Å². The maximum atomic E-state index is 11.2. The van der Waals surface area contributed by atoms with Crippen LogP contribution in [0, 0.1) is 11.8 Å². The maximum Gasteiger partial charge on any atom is 0.248 e. The van der Waals surface area contributed by atoms with Gasteiger partial charge in [-0.25, -0.2) is 0 Å². The highest BCUT2D eigenvalue weighted by Gasteiger charge is 2.18. The van der Waals surface area contributed by atoms with E-state index in [1.807, 2.05) is 0 Å². The fourth-order valence-electron chi connectivity index (χ4n) is 2.79. The number of anilines is 1. The van der Waals surface area contributed by atoms with Gasteiger partial charge >= 0.3 is 0 Å². The van der Waals surface area contributed by atoms with E-state index in [1.54, 1.807) is 25.3 Å². The van der Waals surface area contributed by atoms with Gasteiger partial charge in [-0.2, -0.15) is 0 Å². The number of hydrogen-bond acceptors (Lipinski definition) is 3. The van der Waals surface area contributed by atoms with Crippen molar-refractivity contribution in [2.75, 3.05) is 19.0 Å². The highest BCUT2D eigenvalue weighted by atomic mass is 16.5. The van der Waals surface area contributed by atoms with E-state index in [4.69, 9.17) is 10.5 Å². The van der Waals surface area contributed by atoms with Crippen LogP contribution in [0.25, 0.3) is 0 Å². The molecule has 1 aliphatic carbocycles. The minimum absolute atomic E-state index is 0.415. The fourth-order valence-corrected chi connectivity index (χ4v) is 2.79. The zero-order valence-corrected chi connectivity index (χ0v) is 12.3. The first kappa shape index (κ1) is 14.7. The van der Waals surface area contributed by atoms with Gasteiger partial charge in [0, 0.05) is 12.1 Å². The lowest BCUT2D eigenvalue weighted by molar-refractivity contribution is 0.100. The number of benzene rings is 1. The van der Waals surface area contributed by atoms with Crippen LogP contribution in [0.15, 0.2) is 18.2 Å². The number of hydrogen-bond donors (Lipinski definition) is 2. The molecule has 0 aromatic heterocycles. The molecule has 1 aliphatic rings. The molecule has 110 valence electrons. The predicted molar refractivity (Wildman–Crippen MR) is 81.1 cm³/mol. The molecule has 20 heavy (non-hydrogen) atoms. The number of ether oxygens (including phenoxy) is 1. The van der Waals surface area contributed by atoms with E-state index in [-0.39, 0.29) is 0 Å². The van der Waals surface area contributed by atoms with Gasteiger partial charge in [0.05, 0.1) is 12.8 Å². The molecule has 0 saturated heterocycles. The Morgan fingerprint density at radius 3 is 2.65 bits per heavy atom. The van der Waals surface area contributed by atoms with Crippen molar-refractivity contribution < 1.29 is 9.53 Å². The van der Waals surface area contributed by atoms with Crippen molar-refractivity contribution in [1.29, 1.82) is 0 Å². The molecular formula is C16H24N2O2. The van der Waals surface area contributed by atoms with Gasteiger partial charge in [0.25, 0.3) is 0 Å². The summed E-state index contributed by atoms with van der Waals surface area (Å²) in [6.07, 6.45) is 5.16. The van der Waals surface area contributed by atoms with Crippen molar-refractivity contribution in [2.45, 2.75) is 32.6 Å². The van der Waals surface area contributed by atoms with Gasteiger partial charge in [-0.1, -0.05) is 19.8 Å². The second-order valence-electron chi connectivity index (χ2n) is 5.79. The minimum atomic E-state index is -0.415. The molecular weight excluding hydrogens is 252 g/mol. The van der Waals surface area contributed by atoms with Gasteiger partial charge in [0.1, 0.15) is 5.75 Å². The first-order chi connectivity index (χ1) is 9.60. The largest absolute Gasteiger partial charge is 0.495 e. The number of primary amides is 1. The van der Waals surface area contributed by atoms with E-state index in [2.05, 4.69) is 12.2 Å². The topological polar surface area (TPSA) is 64.3 Å². The van der Waals surface area contributed by atoms with Crippen molar-refractivity contribution >= 4 is 11.6 Å². The highest BCUT2D eigenvalue weighted by Crippen LogP contribution is 2.30. The summed E-state index contributed by atoms with van der Waals surface area (Å²) in [5, 5.41) is 3.41. The standard InChI is InChI=1S/C16H24N2O2/c1-11-3-5-12(6-4-11)10-18-14-9-13(16(17)19)7-8-15(14)20-2/h7-9,11-12,18H,3-6,10H2,1-2H3,(H2,17,19). The van der Waals surface area contributed by atoms with Crippen molar-refractivity contribution in [3.63, 3.8) is 0 Å². The first-order valence-electron chi connectivity index (χ1n) is 7.32. The van der Waals surface area contributed by atoms with E-state index < -0.39 is 5.91 Å². The predicted octanol–water partition coefficient (Wildman–Crippen LogP) is 3.03. The van der Waals surface area contributed by atoms with E-state index in [0.717, 1.165) is 23.9 Å². The molecule has 3 N–H and O–H groups in total. The third-order valence-corrected chi connectivity index (χ3v) is 4.20. The molecule has 1 aromatic carbocycles. The molecule has 1 saturated carbocycles. The van der Waals surface area contributed by atoms with Crippen LogP contribution in [0.4, 0.5) is 5.69 Å². The van der Waals surface area contributed by atoms with Crippen LogP contribution in [0.3, 0.4) is 0 Å². The van der Waals surface area contributed by atoms with Crippen LogP contribution >= 0.6 is 0 Å². The number of rotatable bonds is 5. The summed E-state index contributed by atoms with van der Waals surface area (Å²) < 4.78 is 5.32. The smallest absolute Gasteiger partial charge is 0.248 e. The average molecular weight is 276 g/mol. The minimum Gasteiger partial charge on any atom is -0.495 e. The molecule has 1 amide bonds. The lowest BCUT2D eigenvalue weighted by Gasteiger charge is -2.26. The third-order valence-electron chi connectivity index (χ3n) is 4.20. The lowest BCUT2D eigenvalue weighted by Crippen LogP contribution is -2.20. The molecule has 0 radical (unpaired) electrons. The van der Waals surface area contributed by atoms with Crippen LogP contribution in [0.5, 0.6) is 5.75 Å². The van der Waals surface area contributed by atoms with E-state index >= 15 is 0 Å². The number of carbonyl (C=O) groups is 1. The number of carbonyl (C=O) groups excluding carboxylic acids is 1. The van der Waals surface area contributed by atoms with Crippen LogP contribution < -0.4 is 15.8 Å². The molecule has 0 spiro atoms. The van der Waals surface area contributed by atoms with Gasteiger partial charge in [0.2, 0.25) is 5.91 Å². The Bertz CT molecular complexity index is 466. The van der Waals surface area contributed by atoms with Gasteiger partial charge < -0.3 is 15.8 Å². The molecule has 0 heterocycles. The zero-order valence-electron chi connectivity index (χ0n) is 12.3. The monoisotopic (exact) mass is 276 g/mol. The molecule has 1 fully saturated rings. The van der Waals surface area contributed by atoms with Crippen molar-refractivity contribution in [3.05, 3.63) is 23.8 Å². The van der Waals surface area contributed by atoms with Crippen LogP contribution in [0.1, 0.15) is 43.0 Å². The molecule has 0 unspecified atom stereocenters. The molecule has 0 bridgehead atoms. The normalized spacial score (nSPS) is 22.3. The number of nitrogens with two attached hydrogens (primary N) is 1. The quantitative estimate of drug-likeness (QED) is 0.868. The van der Waals surface area contributed by atoms with Crippen LogP contribution in [0.2, 0.25) is 0 Å². The summed E-state index contributed by atoms with van der Waals surface area (Å²) in [7, 11) is 1.63. The summed E-state index contributed by atoms with van der Waals surface area (Å²) >= 11 is 0. The average Bonchev–Trinajstić information content (AvgIpc) is 2.46. The Morgan fingerprint density at radius 2 is 2.05 bits per heavy atom. The van der Waals surface area contributed by atoms with Crippen molar-refractivity contribution in [1.82, 2.24) is 0 Å². The van der Waals surface area contributed by atoms with E-state index in [0.29, 0.717) is 11.5 Å². The van der Waals surface area contributed by atoms with Gasteiger partial charge in [-0.3, -0.25) is 4.79 Å². The van der Waals surface area contributed by atoms with Crippen LogP contribution in [-0.4, -0.2) is 19.6 Å². The summed E-state index contributed by atoms with van der Waals surface area (Å²) in [6.45, 7) is 3.24. The van der Waals surface area contributed by atoms with E-state index in [9.17, 15) is 4.79 Å². The third kappa shape index (κ3) is 3.65. The van der Waals surface area contributed by atoms with Gasteiger partial charge in [0.15, 0.2) is 0 Å². The SMILES string of the molecule is COc1ccc(C(N)=O)cc1NCC1CCC(C)CC1. The zero-order chi connectivity index (χ0) is 14.5. The molecule has 0 atom stereocenters. The molecule has 4 heteroatoms. The maximum absolute atomic E-state index is 11.2. The number of methoxy groups -OCH3 is 1. The molecule has 1 aromatic rings. The van der Waals surface area contributed by atoms with Crippen LogP contribution in [-0.2, 0) is 0 Å². The van der Waals surface area contributed by atoms with Crippen molar-refractivity contribution in [3.8, 4) is 5.75 Å². The first-order valence-corrected chi connectivity index (χ1v) is 7.32. The Hall–Kier alpha value is -1.71. The second kappa shape index (κ2) is 6.64. The Morgan fingerprint density at radius 1 is 1.35 bits per heavy atom. The summed E-state index contributed by atoms with van der Waals surface area (Å²) in [5.41, 5.74) is 6.68. The Kier molecular flexibility index (Phi) is 4.88. The number of nitrogens with one attached hydrogen (secondary N) is 1. The summed E-state index contributed by atoms with van der Waals surface area (Å²) in [6, 6.07) is 5.24. The van der Waals surface area contributed by atoms with Gasteiger partial charge in [-0.05, 0) is 42.9 Å². The second-order valence-corrected chi connectivity index (χ2v) is 5.79. The summed E-state index contributed by atoms with van der Waals surface area (Å²) in [5.74, 6) is 1.90. The highest BCUT2D eigenvalue weighted by molar-refractivity contribution is 5.94. The fraction of sp³-hybridized carbons (Fsp3) is 0.562. The summed E-state index contributed by atoms with van der Waals surface area (Å²) in [4.78, 5) is 11.2. The Labute approximate surface area is 120 Å². The van der Waals surface area contributed by atoms with Crippen molar-refractivity contribution in [2.24, 2.45) is 17.6 Å². The lowest BCUT2D eigenvalue weighted by atomic mass is 9.83. The van der Waals surface area contributed by atoms with E-state index in [1.165, 1.54) is 25.7 Å². The molecule has 2 rings (SSSR count). The molecule has 4 nitrogen and oxygen atoms in total. The molecule has 0 aliphatic heterocycles. The Balaban J connectivity index is 2.00. The number of amides is 1.